The highest BCUT2D eigenvalue weighted by atomic mass is 16.5. The molecule has 17 heavy (non-hydrogen) atoms. The van der Waals surface area contributed by atoms with Crippen LogP contribution in [-0.4, -0.2) is 36.6 Å². The van der Waals surface area contributed by atoms with E-state index in [1.54, 1.807) is 0 Å². The van der Waals surface area contributed by atoms with Gasteiger partial charge < -0.3 is 20.5 Å². The zero-order valence-corrected chi connectivity index (χ0v) is 9.52. The lowest BCUT2D eigenvalue weighted by atomic mass is 9.75. The molecule has 4 atom stereocenters. The van der Waals surface area contributed by atoms with Gasteiger partial charge in [0, 0.05) is 11.7 Å². The molecule has 2 saturated heterocycles. The van der Waals surface area contributed by atoms with Crippen molar-refractivity contribution in [3.05, 3.63) is 29.8 Å². The fraction of sp³-hybridized carbons (Fsp3) is 0.538. The Morgan fingerprint density at radius 1 is 1.41 bits per heavy atom. The summed E-state index contributed by atoms with van der Waals surface area (Å²) >= 11 is 0. The summed E-state index contributed by atoms with van der Waals surface area (Å²) in [5.41, 5.74) is 2.54. The summed E-state index contributed by atoms with van der Waals surface area (Å²) in [5, 5.41) is 16.4. The predicted molar refractivity (Wildman–Crippen MR) is 63.9 cm³/mol. The zero-order chi connectivity index (χ0) is 11.5. The molecule has 3 heterocycles. The normalized spacial score (nSPS) is 41.8. The highest BCUT2D eigenvalue weighted by molar-refractivity contribution is 5.63. The molecule has 0 saturated carbocycles. The van der Waals surface area contributed by atoms with E-state index in [4.69, 9.17) is 4.74 Å². The number of rotatable bonds is 1. The lowest BCUT2D eigenvalue weighted by Crippen LogP contribution is -2.45. The molecule has 0 radical (unpaired) electrons. The van der Waals surface area contributed by atoms with Crippen LogP contribution >= 0.6 is 0 Å². The van der Waals surface area contributed by atoms with Gasteiger partial charge in [0.05, 0.1) is 18.1 Å². The standard InChI is InChI=1S/C13H16N2O2/c16-7-10-11-13(5-6-14-11)8-3-1-2-4-9(8)15-12(13)17-10/h1-4,10-12,14-16H,5-7H2. The number of fused-ring (bicyclic) bond motifs is 1. The molecule has 90 valence electrons. The third-order valence-electron chi connectivity index (χ3n) is 4.50. The summed E-state index contributed by atoms with van der Waals surface area (Å²) in [5.74, 6) is 0. The van der Waals surface area contributed by atoms with Crippen LogP contribution < -0.4 is 10.6 Å². The molecule has 1 aromatic rings. The van der Waals surface area contributed by atoms with Gasteiger partial charge >= 0.3 is 0 Å². The summed E-state index contributed by atoms with van der Waals surface area (Å²) in [6.45, 7) is 1.08. The Bertz CT molecular complexity index is 464. The lowest BCUT2D eigenvalue weighted by Gasteiger charge is -2.27. The first-order chi connectivity index (χ1) is 8.36. The fourth-order valence-electron chi connectivity index (χ4n) is 3.82. The molecule has 0 bridgehead atoms. The van der Waals surface area contributed by atoms with Crippen molar-refractivity contribution in [1.29, 1.82) is 0 Å². The van der Waals surface area contributed by atoms with E-state index in [-0.39, 0.29) is 30.4 Å². The van der Waals surface area contributed by atoms with Crippen LogP contribution in [0.2, 0.25) is 0 Å². The second-order valence-electron chi connectivity index (χ2n) is 5.15. The number of hydrogen-bond acceptors (Lipinski definition) is 4. The van der Waals surface area contributed by atoms with Crippen molar-refractivity contribution in [3.63, 3.8) is 0 Å². The Morgan fingerprint density at radius 2 is 2.29 bits per heavy atom. The van der Waals surface area contributed by atoms with E-state index in [9.17, 15) is 5.11 Å². The number of aliphatic hydroxyl groups excluding tert-OH is 1. The van der Waals surface area contributed by atoms with Gasteiger partial charge in [-0.3, -0.25) is 0 Å². The minimum absolute atomic E-state index is 0.0112. The summed E-state index contributed by atoms with van der Waals surface area (Å²) in [4.78, 5) is 0. The summed E-state index contributed by atoms with van der Waals surface area (Å²) in [6.07, 6.45) is 0.989. The van der Waals surface area contributed by atoms with Gasteiger partial charge in [0.2, 0.25) is 0 Å². The third kappa shape index (κ3) is 1.04. The van der Waals surface area contributed by atoms with E-state index < -0.39 is 0 Å². The molecule has 3 aliphatic heterocycles. The Balaban J connectivity index is 1.87. The van der Waals surface area contributed by atoms with Crippen molar-refractivity contribution >= 4 is 5.69 Å². The summed E-state index contributed by atoms with van der Waals surface area (Å²) < 4.78 is 5.95. The maximum atomic E-state index is 9.42. The monoisotopic (exact) mass is 232 g/mol. The van der Waals surface area contributed by atoms with Crippen molar-refractivity contribution in [2.75, 3.05) is 18.5 Å². The molecule has 0 aliphatic carbocycles. The van der Waals surface area contributed by atoms with Gasteiger partial charge in [0.15, 0.2) is 0 Å². The quantitative estimate of drug-likeness (QED) is 0.657. The maximum Gasteiger partial charge on any atom is 0.139 e. The van der Waals surface area contributed by atoms with Crippen LogP contribution in [0.25, 0.3) is 0 Å². The molecule has 1 spiro atoms. The van der Waals surface area contributed by atoms with E-state index in [1.165, 1.54) is 11.3 Å². The smallest absolute Gasteiger partial charge is 0.139 e. The minimum atomic E-state index is -0.0941. The van der Waals surface area contributed by atoms with E-state index >= 15 is 0 Å². The highest BCUT2D eigenvalue weighted by Gasteiger charge is 2.62. The average Bonchev–Trinajstić information content (AvgIpc) is 2.97. The van der Waals surface area contributed by atoms with Crippen molar-refractivity contribution in [2.24, 2.45) is 0 Å². The second-order valence-corrected chi connectivity index (χ2v) is 5.15. The number of ether oxygens (including phenoxy) is 1. The molecular weight excluding hydrogens is 216 g/mol. The van der Waals surface area contributed by atoms with Gasteiger partial charge in [-0.05, 0) is 24.6 Å². The van der Waals surface area contributed by atoms with Crippen LogP contribution in [0.3, 0.4) is 0 Å². The first-order valence-corrected chi connectivity index (χ1v) is 6.22. The van der Waals surface area contributed by atoms with Crippen LogP contribution in [-0.2, 0) is 10.2 Å². The Labute approximate surface area is 100.0 Å². The molecular formula is C13H16N2O2. The van der Waals surface area contributed by atoms with E-state index in [0.717, 1.165) is 13.0 Å². The zero-order valence-electron chi connectivity index (χ0n) is 9.52. The van der Waals surface area contributed by atoms with Crippen molar-refractivity contribution in [1.82, 2.24) is 5.32 Å². The number of para-hydroxylation sites is 1. The van der Waals surface area contributed by atoms with Crippen LogP contribution in [0.15, 0.2) is 24.3 Å². The van der Waals surface area contributed by atoms with Crippen LogP contribution in [0.1, 0.15) is 12.0 Å². The van der Waals surface area contributed by atoms with Gasteiger partial charge in [-0.15, -0.1) is 0 Å². The molecule has 4 heteroatoms. The van der Waals surface area contributed by atoms with Crippen molar-refractivity contribution in [2.45, 2.75) is 30.2 Å². The first kappa shape index (κ1) is 9.88. The van der Waals surface area contributed by atoms with Gasteiger partial charge in [0.25, 0.3) is 0 Å². The van der Waals surface area contributed by atoms with Crippen LogP contribution in [0.4, 0.5) is 5.69 Å². The SMILES string of the molecule is OCC1OC2Nc3ccccc3C23CCNC13. The average molecular weight is 232 g/mol. The van der Waals surface area contributed by atoms with Crippen molar-refractivity contribution in [3.8, 4) is 0 Å². The van der Waals surface area contributed by atoms with E-state index in [1.807, 2.05) is 6.07 Å². The molecule has 4 unspecified atom stereocenters. The van der Waals surface area contributed by atoms with E-state index in [0.29, 0.717) is 0 Å². The molecule has 1 aromatic carbocycles. The van der Waals surface area contributed by atoms with Gasteiger partial charge in [0.1, 0.15) is 6.23 Å². The second kappa shape index (κ2) is 3.22. The minimum Gasteiger partial charge on any atom is -0.394 e. The van der Waals surface area contributed by atoms with Gasteiger partial charge in [-0.2, -0.15) is 0 Å². The first-order valence-electron chi connectivity index (χ1n) is 6.22. The fourth-order valence-corrected chi connectivity index (χ4v) is 3.82. The number of nitrogens with one attached hydrogen (secondary N) is 2. The Kier molecular flexibility index (Phi) is 1.87. The predicted octanol–water partition coefficient (Wildman–Crippen LogP) is 0.429. The number of aliphatic hydroxyl groups is 1. The molecule has 4 rings (SSSR count). The Morgan fingerprint density at radius 3 is 3.18 bits per heavy atom. The summed E-state index contributed by atoms with van der Waals surface area (Å²) in [7, 11) is 0. The molecule has 0 amide bonds. The maximum absolute atomic E-state index is 9.42. The van der Waals surface area contributed by atoms with Crippen LogP contribution in [0, 0.1) is 0 Å². The third-order valence-corrected chi connectivity index (χ3v) is 4.50. The number of anilines is 1. The molecule has 0 aromatic heterocycles. The molecule has 2 fully saturated rings. The summed E-state index contributed by atoms with van der Waals surface area (Å²) in [6, 6.07) is 8.65. The molecule has 3 aliphatic rings. The Hall–Kier alpha value is -1.10. The number of hydrogen-bond donors (Lipinski definition) is 3. The lowest BCUT2D eigenvalue weighted by molar-refractivity contribution is 0.00903. The molecule has 4 nitrogen and oxygen atoms in total. The van der Waals surface area contributed by atoms with Crippen molar-refractivity contribution < 1.29 is 9.84 Å². The van der Waals surface area contributed by atoms with E-state index in [2.05, 4.69) is 28.8 Å². The largest absolute Gasteiger partial charge is 0.394 e. The number of benzene rings is 1. The topological polar surface area (TPSA) is 53.5 Å². The molecule has 3 N–H and O–H groups in total. The van der Waals surface area contributed by atoms with Crippen LogP contribution in [0.5, 0.6) is 0 Å². The van der Waals surface area contributed by atoms with Gasteiger partial charge in [-0.1, -0.05) is 18.2 Å². The highest BCUT2D eigenvalue weighted by Crippen LogP contribution is 2.53. The van der Waals surface area contributed by atoms with Gasteiger partial charge in [-0.25, -0.2) is 0 Å².